The van der Waals surface area contributed by atoms with Crippen LogP contribution in [-0.2, 0) is 4.79 Å². The second-order valence-corrected chi connectivity index (χ2v) is 4.39. The third-order valence-corrected chi connectivity index (χ3v) is 2.54. The number of carbonyl (C=O) groups excluding carboxylic acids is 1. The van der Waals surface area contributed by atoms with Crippen molar-refractivity contribution in [2.45, 2.75) is 53.4 Å². The zero-order valence-corrected chi connectivity index (χ0v) is 11.0. The molecule has 0 amide bonds. The van der Waals surface area contributed by atoms with Gasteiger partial charge < -0.3 is 0 Å². The lowest BCUT2D eigenvalue weighted by atomic mass is 10.1. The molecule has 0 saturated heterocycles. The molecule has 90 valence electrons. The van der Waals surface area contributed by atoms with Crippen molar-refractivity contribution >= 4 is 6.29 Å². The lowest BCUT2D eigenvalue weighted by Crippen LogP contribution is -1.84. The van der Waals surface area contributed by atoms with Gasteiger partial charge in [-0.1, -0.05) is 29.4 Å². The van der Waals surface area contributed by atoms with E-state index in [1.807, 2.05) is 13.0 Å². The molecular formula is C15H24O. The summed E-state index contributed by atoms with van der Waals surface area (Å²) in [5, 5.41) is 0. The lowest BCUT2D eigenvalue weighted by Gasteiger charge is -2.00. The molecule has 0 radical (unpaired) electrons. The standard InChI is InChI=1S/C15H24O/c1-5-15(12-16)11-7-10-14(4)9-6-8-13(2)3/h5,8,10,12H,6-7,9,11H2,1-4H3. The van der Waals surface area contributed by atoms with Crippen LogP contribution >= 0.6 is 0 Å². The Hall–Kier alpha value is -1.11. The van der Waals surface area contributed by atoms with Crippen molar-refractivity contribution in [3.63, 3.8) is 0 Å². The normalized spacial score (nSPS) is 12.5. The average molecular weight is 220 g/mol. The van der Waals surface area contributed by atoms with E-state index in [1.54, 1.807) is 0 Å². The summed E-state index contributed by atoms with van der Waals surface area (Å²) in [5.41, 5.74) is 3.69. The molecule has 0 aromatic heterocycles. The Morgan fingerprint density at radius 2 is 1.62 bits per heavy atom. The van der Waals surface area contributed by atoms with Crippen LogP contribution in [0.3, 0.4) is 0 Å². The molecule has 0 heterocycles. The van der Waals surface area contributed by atoms with Crippen LogP contribution in [0, 0.1) is 0 Å². The monoisotopic (exact) mass is 220 g/mol. The molecule has 16 heavy (non-hydrogen) atoms. The number of hydrogen-bond acceptors (Lipinski definition) is 1. The first-order chi connectivity index (χ1) is 7.60. The molecule has 1 heteroatoms. The Morgan fingerprint density at radius 3 is 2.12 bits per heavy atom. The first-order valence-electron chi connectivity index (χ1n) is 5.99. The highest BCUT2D eigenvalue weighted by Crippen LogP contribution is 2.10. The first-order valence-corrected chi connectivity index (χ1v) is 5.99. The summed E-state index contributed by atoms with van der Waals surface area (Å²) < 4.78 is 0. The zero-order chi connectivity index (χ0) is 12.4. The van der Waals surface area contributed by atoms with Gasteiger partial charge in [0.1, 0.15) is 6.29 Å². The summed E-state index contributed by atoms with van der Waals surface area (Å²) in [4.78, 5) is 10.6. The van der Waals surface area contributed by atoms with E-state index in [9.17, 15) is 4.79 Å². The lowest BCUT2D eigenvalue weighted by molar-refractivity contribution is -0.105. The van der Waals surface area contributed by atoms with Gasteiger partial charge in [0.2, 0.25) is 0 Å². The SMILES string of the molecule is CC=C(C=O)CCC=C(C)CCC=C(C)C. The minimum Gasteiger partial charge on any atom is -0.298 e. The molecule has 0 bridgehead atoms. The maximum atomic E-state index is 10.6. The Balaban J connectivity index is 3.87. The Kier molecular flexibility index (Phi) is 8.51. The van der Waals surface area contributed by atoms with Crippen LogP contribution in [0.1, 0.15) is 53.4 Å². The zero-order valence-electron chi connectivity index (χ0n) is 11.0. The van der Waals surface area contributed by atoms with E-state index >= 15 is 0 Å². The van der Waals surface area contributed by atoms with Crippen LogP contribution in [0.5, 0.6) is 0 Å². The van der Waals surface area contributed by atoms with Crippen molar-refractivity contribution in [3.8, 4) is 0 Å². The van der Waals surface area contributed by atoms with Gasteiger partial charge in [-0.05, 0) is 59.0 Å². The van der Waals surface area contributed by atoms with Gasteiger partial charge in [-0.2, -0.15) is 0 Å². The molecule has 0 saturated carbocycles. The highest BCUT2D eigenvalue weighted by molar-refractivity contribution is 5.72. The molecule has 0 fully saturated rings. The van der Waals surface area contributed by atoms with Crippen molar-refractivity contribution in [3.05, 3.63) is 34.9 Å². The van der Waals surface area contributed by atoms with Crippen molar-refractivity contribution in [1.29, 1.82) is 0 Å². The van der Waals surface area contributed by atoms with Gasteiger partial charge in [-0.3, -0.25) is 4.79 Å². The van der Waals surface area contributed by atoms with E-state index in [4.69, 9.17) is 0 Å². The van der Waals surface area contributed by atoms with Crippen molar-refractivity contribution in [2.24, 2.45) is 0 Å². The summed E-state index contributed by atoms with van der Waals surface area (Å²) >= 11 is 0. The number of allylic oxidation sites excluding steroid dienone is 6. The fraction of sp³-hybridized carbons (Fsp3) is 0.533. The van der Waals surface area contributed by atoms with E-state index in [1.165, 1.54) is 11.1 Å². The van der Waals surface area contributed by atoms with Crippen LogP contribution in [0.2, 0.25) is 0 Å². The smallest absolute Gasteiger partial charge is 0.145 e. The van der Waals surface area contributed by atoms with Gasteiger partial charge in [0.05, 0.1) is 0 Å². The van der Waals surface area contributed by atoms with Gasteiger partial charge in [-0.15, -0.1) is 0 Å². The van der Waals surface area contributed by atoms with Crippen LogP contribution in [0.4, 0.5) is 0 Å². The van der Waals surface area contributed by atoms with E-state index in [0.717, 1.165) is 37.5 Å². The fourth-order valence-corrected chi connectivity index (χ4v) is 1.45. The van der Waals surface area contributed by atoms with Crippen molar-refractivity contribution in [1.82, 2.24) is 0 Å². The second kappa shape index (κ2) is 9.14. The molecule has 0 aromatic carbocycles. The minimum atomic E-state index is 0.861. The second-order valence-electron chi connectivity index (χ2n) is 4.39. The molecule has 0 aromatic rings. The van der Waals surface area contributed by atoms with E-state index in [-0.39, 0.29) is 0 Å². The van der Waals surface area contributed by atoms with E-state index in [2.05, 4.69) is 32.9 Å². The molecule has 0 atom stereocenters. The molecule has 0 spiro atoms. The maximum Gasteiger partial charge on any atom is 0.145 e. The Bertz CT molecular complexity index is 289. The third-order valence-electron chi connectivity index (χ3n) is 2.54. The maximum absolute atomic E-state index is 10.6. The number of carbonyl (C=O) groups is 1. The fourth-order valence-electron chi connectivity index (χ4n) is 1.45. The predicted octanol–water partition coefficient (Wildman–Crippen LogP) is 4.60. The Labute approximate surface area is 99.9 Å². The summed E-state index contributed by atoms with van der Waals surface area (Å²) in [7, 11) is 0. The number of rotatable bonds is 7. The van der Waals surface area contributed by atoms with Gasteiger partial charge >= 0.3 is 0 Å². The van der Waals surface area contributed by atoms with E-state index in [0.29, 0.717) is 0 Å². The van der Waals surface area contributed by atoms with Crippen LogP contribution < -0.4 is 0 Å². The minimum absolute atomic E-state index is 0.861. The summed E-state index contributed by atoms with van der Waals surface area (Å²) in [6, 6.07) is 0. The first kappa shape index (κ1) is 14.9. The van der Waals surface area contributed by atoms with Gasteiger partial charge in [0.25, 0.3) is 0 Å². The largest absolute Gasteiger partial charge is 0.298 e. The number of hydrogen-bond donors (Lipinski definition) is 0. The average Bonchev–Trinajstić information content (AvgIpc) is 2.24. The van der Waals surface area contributed by atoms with Crippen LogP contribution in [0.15, 0.2) is 34.9 Å². The quantitative estimate of drug-likeness (QED) is 0.348. The third kappa shape index (κ3) is 8.22. The van der Waals surface area contributed by atoms with Gasteiger partial charge in [-0.25, -0.2) is 0 Å². The molecule has 0 aliphatic carbocycles. The van der Waals surface area contributed by atoms with Gasteiger partial charge in [0.15, 0.2) is 0 Å². The summed E-state index contributed by atoms with van der Waals surface area (Å²) in [6.45, 7) is 8.33. The summed E-state index contributed by atoms with van der Waals surface area (Å²) in [5.74, 6) is 0. The highest BCUT2D eigenvalue weighted by atomic mass is 16.1. The topological polar surface area (TPSA) is 17.1 Å². The van der Waals surface area contributed by atoms with Gasteiger partial charge in [0, 0.05) is 0 Å². The molecule has 0 aliphatic heterocycles. The Morgan fingerprint density at radius 1 is 1.00 bits per heavy atom. The molecule has 0 rings (SSSR count). The summed E-state index contributed by atoms with van der Waals surface area (Å²) in [6.07, 6.45) is 11.4. The molecule has 1 nitrogen and oxygen atoms in total. The molecule has 0 unspecified atom stereocenters. The molecule has 0 N–H and O–H groups in total. The predicted molar refractivity (Wildman–Crippen MR) is 71.5 cm³/mol. The van der Waals surface area contributed by atoms with E-state index < -0.39 is 0 Å². The molecular weight excluding hydrogens is 196 g/mol. The van der Waals surface area contributed by atoms with Crippen LogP contribution in [0.25, 0.3) is 0 Å². The van der Waals surface area contributed by atoms with Crippen LogP contribution in [-0.4, -0.2) is 6.29 Å². The van der Waals surface area contributed by atoms with Crippen molar-refractivity contribution in [2.75, 3.05) is 0 Å². The highest BCUT2D eigenvalue weighted by Gasteiger charge is 1.93. The number of aldehydes is 1. The van der Waals surface area contributed by atoms with Crippen molar-refractivity contribution < 1.29 is 4.79 Å². The molecule has 0 aliphatic rings.